The fraction of sp³-hybridized carbons (Fsp3) is 0.188. The Kier molecular flexibility index (Phi) is 4.15. The van der Waals surface area contributed by atoms with E-state index >= 15 is 0 Å². The van der Waals surface area contributed by atoms with Crippen LogP contribution in [-0.2, 0) is 6.18 Å². The van der Waals surface area contributed by atoms with Gasteiger partial charge in [-0.1, -0.05) is 0 Å². The van der Waals surface area contributed by atoms with Crippen molar-refractivity contribution >= 4 is 28.2 Å². The van der Waals surface area contributed by atoms with Crippen molar-refractivity contribution in [1.29, 1.82) is 0 Å². The maximum atomic E-state index is 13.5. The van der Waals surface area contributed by atoms with Crippen LogP contribution < -0.4 is 15.4 Å². The summed E-state index contributed by atoms with van der Waals surface area (Å²) in [6.07, 6.45) is -3.64. The first kappa shape index (κ1) is 16.9. The summed E-state index contributed by atoms with van der Waals surface area (Å²) in [5.41, 5.74) is -0.221. The second kappa shape index (κ2) is 6.15. The van der Waals surface area contributed by atoms with E-state index in [-0.39, 0.29) is 22.5 Å². The lowest BCUT2D eigenvalue weighted by Crippen LogP contribution is -2.05. The highest BCUT2D eigenvalue weighted by molar-refractivity contribution is 5.95. The average Bonchev–Trinajstić information content (AvgIpc) is 2.98. The summed E-state index contributed by atoms with van der Waals surface area (Å²) in [4.78, 5) is 6.65. The fourth-order valence-corrected chi connectivity index (χ4v) is 2.54. The number of aromatic amines is 1. The topological polar surface area (TPSA) is 62.0 Å². The molecule has 25 heavy (non-hydrogen) atoms. The van der Waals surface area contributed by atoms with Crippen LogP contribution in [0, 0.1) is 5.82 Å². The number of alkyl halides is 3. The molecule has 5 nitrogen and oxygen atoms in total. The van der Waals surface area contributed by atoms with Crippen molar-refractivity contribution in [1.82, 2.24) is 9.97 Å². The molecule has 1 aromatic carbocycles. The van der Waals surface area contributed by atoms with Crippen molar-refractivity contribution < 1.29 is 22.3 Å². The van der Waals surface area contributed by atoms with E-state index in [1.807, 2.05) is 0 Å². The van der Waals surface area contributed by atoms with E-state index in [0.717, 1.165) is 6.20 Å². The molecular weight excluding hydrogens is 340 g/mol. The van der Waals surface area contributed by atoms with Gasteiger partial charge in [-0.15, -0.1) is 0 Å². The number of ether oxygens (including phenoxy) is 1. The van der Waals surface area contributed by atoms with Gasteiger partial charge in [-0.2, -0.15) is 13.2 Å². The Morgan fingerprint density at radius 1 is 1.16 bits per heavy atom. The zero-order chi connectivity index (χ0) is 18.2. The number of halogens is 4. The highest BCUT2D eigenvalue weighted by Gasteiger charge is 2.35. The Hall–Kier alpha value is -2.97. The third-order valence-electron chi connectivity index (χ3n) is 3.64. The predicted molar refractivity (Wildman–Crippen MR) is 86.9 cm³/mol. The summed E-state index contributed by atoms with van der Waals surface area (Å²) in [6, 6.07) is 5.29. The summed E-state index contributed by atoms with van der Waals surface area (Å²) < 4.78 is 57.9. The zero-order valence-corrected chi connectivity index (χ0v) is 13.3. The molecule has 0 unspecified atom stereocenters. The number of aromatic nitrogens is 2. The number of fused-ring (bicyclic) bond motifs is 1. The van der Waals surface area contributed by atoms with Crippen molar-refractivity contribution in [2.75, 3.05) is 24.8 Å². The van der Waals surface area contributed by atoms with E-state index < -0.39 is 17.6 Å². The van der Waals surface area contributed by atoms with Gasteiger partial charge in [0, 0.05) is 31.1 Å². The summed E-state index contributed by atoms with van der Waals surface area (Å²) in [6.45, 7) is 0. The minimum atomic E-state index is -4.51. The maximum Gasteiger partial charge on any atom is 0.418 e. The lowest BCUT2D eigenvalue weighted by Gasteiger charge is -2.13. The number of methoxy groups -OCH3 is 1. The molecule has 3 aromatic rings. The summed E-state index contributed by atoms with van der Waals surface area (Å²) in [5.74, 6) is 0.116. The van der Waals surface area contributed by atoms with Crippen molar-refractivity contribution in [2.45, 2.75) is 6.18 Å². The van der Waals surface area contributed by atoms with Crippen LogP contribution in [0.2, 0.25) is 0 Å². The molecule has 0 amide bonds. The number of pyridine rings is 1. The van der Waals surface area contributed by atoms with Gasteiger partial charge in [0.2, 0.25) is 0 Å². The van der Waals surface area contributed by atoms with Crippen molar-refractivity contribution in [3.05, 3.63) is 41.8 Å². The molecule has 3 N–H and O–H groups in total. The maximum absolute atomic E-state index is 13.5. The van der Waals surface area contributed by atoms with Crippen LogP contribution in [0.1, 0.15) is 5.56 Å². The monoisotopic (exact) mass is 354 g/mol. The van der Waals surface area contributed by atoms with Crippen molar-refractivity contribution in [2.24, 2.45) is 0 Å². The van der Waals surface area contributed by atoms with Gasteiger partial charge < -0.3 is 20.4 Å². The Morgan fingerprint density at radius 3 is 2.56 bits per heavy atom. The number of H-pyrrole nitrogens is 1. The van der Waals surface area contributed by atoms with Gasteiger partial charge in [0.1, 0.15) is 23.0 Å². The third-order valence-corrected chi connectivity index (χ3v) is 3.64. The smallest absolute Gasteiger partial charge is 0.418 e. The summed E-state index contributed by atoms with van der Waals surface area (Å²) in [5, 5.41) is 5.53. The Bertz CT molecular complexity index is 920. The number of rotatable bonds is 4. The molecule has 9 heteroatoms. The van der Waals surface area contributed by atoms with Crippen LogP contribution in [0.3, 0.4) is 0 Å². The van der Waals surface area contributed by atoms with Gasteiger partial charge >= 0.3 is 6.18 Å². The van der Waals surface area contributed by atoms with Crippen molar-refractivity contribution in [3.63, 3.8) is 0 Å². The van der Waals surface area contributed by atoms with E-state index in [0.29, 0.717) is 11.4 Å². The predicted octanol–water partition coefficient (Wildman–Crippen LogP) is 4.51. The van der Waals surface area contributed by atoms with E-state index in [1.165, 1.54) is 38.4 Å². The number of anilines is 3. The summed E-state index contributed by atoms with van der Waals surface area (Å²) in [7, 11) is 2.93. The van der Waals surface area contributed by atoms with Gasteiger partial charge in [0.15, 0.2) is 0 Å². The molecule has 3 rings (SSSR count). The molecule has 0 radical (unpaired) electrons. The molecule has 0 aliphatic carbocycles. The quantitative estimate of drug-likeness (QED) is 0.603. The lowest BCUT2D eigenvalue weighted by molar-refractivity contribution is -0.136. The molecule has 0 spiro atoms. The van der Waals surface area contributed by atoms with Crippen LogP contribution >= 0.6 is 0 Å². The molecule has 0 aliphatic heterocycles. The normalized spacial score (nSPS) is 11.6. The van der Waals surface area contributed by atoms with Gasteiger partial charge in [-0.3, -0.25) is 0 Å². The number of hydrogen-bond acceptors (Lipinski definition) is 4. The molecule has 132 valence electrons. The molecule has 0 saturated heterocycles. The Labute approximate surface area is 140 Å². The second-order valence-electron chi connectivity index (χ2n) is 5.20. The zero-order valence-electron chi connectivity index (χ0n) is 13.3. The van der Waals surface area contributed by atoms with Gasteiger partial charge in [0.25, 0.3) is 0 Å². The highest BCUT2D eigenvalue weighted by Crippen LogP contribution is 2.39. The largest absolute Gasteiger partial charge is 0.495 e. The van der Waals surface area contributed by atoms with E-state index in [2.05, 4.69) is 20.6 Å². The number of hydrogen-bond donors (Lipinski definition) is 3. The lowest BCUT2D eigenvalue weighted by atomic mass is 10.1. The average molecular weight is 354 g/mol. The van der Waals surface area contributed by atoms with Crippen molar-refractivity contribution in [3.8, 4) is 5.75 Å². The van der Waals surface area contributed by atoms with Crippen LogP contribution in [0.25, 0.3) is 11.0 Å². The molecule has 2 aromatic heterocycles. The van der Waals surface area contributed by atoms with Gasteiger partial charge in [-0.05, 0) is 12.1 Å². The van der Waals surface area contributed by atoms with E-state index in [9.17, 15) is 17.6 Å². The Balaban J connectivity index is 2.09. The second-order valence-corrected chi connectivity index (χ2v) is 5.20. The molecular formula is C16H14F4N4O. The first-order valence-electron chi connectivity index (χ1n) is 7.21. The van der Waals surface area contributed by atoms with Crippen LogP contribution in [0.5, 0.6) is 5.75 Å². The Morgan fingerprint density at radius 2 is 1.92 bits per heavy atom. The number of nitrogens with one attached hydrogen (secondary N) is 3. The van der Waals surface area contributed by atoms with Gasteiger partial charge in [-0.25, -0.2) is 9.37 Å². The third kappa shape index (κ3) is 3.17. The first-order valence-corrected chi connectivity index (χ1v) is 7.21. The first-order chi connectivity index (χ1) is 11.8. The van der Waals surface area contributed by atoms with Gasteiger partial charge in [0.05, 0.1) is 23.7 Å². The molecule has 0 bridgehead atoms. The molecule has 2 heterocycles. The number of nitrogens with zero attached hydrogens (tertiary/aromatic N) is 1. The molecule has 0 saturated carbocycles. The number of benzene rings is 1. The highest BCUT2D eigenvalue weighted by atomic mass is 19.4. The molecule has 0 fully saturated rings. The minimum Gasteiger partial charge on any atom is -0.495 e. The van der Waals surface area contributed by atoms with E-state index in [1.54, 1.807) is 0 Å². The van der Waals surface area contributed by atoms with E-state index in [4.69, 9.17) is 4.74 Å². The SMILES string of the molecule is CNc1cc(Nc2cc(F)ccc2OC)nc2[nH]cc(C(F)(F)F)c12. The standard InChI is InChI=1S/C16H14F4N4O/c1-21-11-6-13(23-10-5-8(17)3-4-12(10)25-2)24-15-14(11)9(7-22-15)16(18,19)20/h3-7H,1-2H3,(H3,21,22,23,24). The van der Waals surface area contributed by atoms with Crippen LogP contribution in [0.15, 0.2) is 30.5 Å². The van der Waals surface area contributed by atoms with Crippen LogP contribution in [-0.4, -0.2) is 24.1 Å². The molecule has 0 aliphatic rings. The molecule has 0 atom stereocenters. The fourth-order valence-electron chi connectivity index (χ4n) is 2.54. The summed E-state index contributed by atoms with van der Waals surface area (Å²) >= 11 is 0. The van der Waals surface area contributed by atoms with Crippen LogP contribution in [0.4, 0.5) is 34.8 Å². The minimum absolute atomic E-state index is 0.0528.